The van der Waals surface area contributed by atoms with Gasteiger partial charge in [0.15, 0.2) is 5.13 Å². The number of nitrogens with zero attached hydrogens (tertiary/aromatic N) is 4. The molecule has 2 fully saturated rings. The normalized spacial score (nSPS) is 18.6. The lowest BCUT2D eigenvalue weighted by Crippen LogP contribution is -2.41. The number of nitrogens with one attached hydrogen (secondary N) is 2. The van der Waals surface area contributed by atoms with Gasteiger partial charge in [0.1, 0.15) is 11.9 Å². The Morgan fingerprint density at radius 3 is 2.50 bits per heavy atom. The molecule has 2 aromatic heterocycles. The first-order valence-corrected chi connectivity index (χ1v) is 12.9. The van der Waals surface area contributed by atoms with E-state index in [0.29, 0.717) is 30.5 Å². The number of rotatable bonds is 6. The highest BCUT2D eigenvalue weighted by molar-refractivity contribution is 7.88. The van der Waals surface area contributed by atoms with E-state index in [1.165, 1.54) is 29.8 Å². The van der Waals surface area contributed by atoms with E-state index in [-0.39, 0.29) is 6.04 Å². The molecule has 8 nitrogen and oxygen atoms in total. The molecule has 0 radical (unpaired) electrons. The molecule has 1 aliphatic heterocycles. The maximum atomic E-state index is 11.7. The van der Waals surface area contributed by atoms with E-state index in [9.17, 15) is 13.7 Å². The van der Waals surface area contributed by atoms with Crippen LogP contribution in [-0.2, 0) is 10.0 Å². The van der Waals surface area contributed by atoms with E-state index < -0.39 is 10.0 Å². The monoisotopic (exact) mass is 446 g/mol. The van der Waals surface area contributed by atoms with E-state index in [4.69, 9.17) is 0 Å². The third-order valence-electron chi connectivity index (χ3n) is 5.77. The molecule has 0 spiro atoms. The summed E-state index contributed by atoms with van der Waals surface area (Å²) in [4.78, 5) is 10.0. The van der Waals surface area contributed by atoms with Crippen LogP contribution in [0.5, 0.6) is 0 Å². The van der Waals surface area contributed by atoms with E-state index in [1.54, 1.807) is 17.5 Å². The minimum atomic E-state index is -3.14. The van der Waals surface area contributed by atoms with Gasteiger partial charge in [-0.1, -0.05) is 11.3 Å². The Morgan fingerprint density at radius 2 is 1.90 bits per heavy atom. The van der Waals surface area contributed by atoms with Crippen LogP contribution in [-0.4, -0.2) is 54.1 Å². The van der Waals surface area contributed by atoms with Crippen molar-refractivity contribution in [3.63, 3.8) is 0 Å². The summed E-state index contributed by atoms with van der Waals surface area (Å²) in [6, 6.07) is 4.81. The van der Waals surface area contributed by atoms with Gasteiger partial charge in [-0.2, -0.15) is 5.26 Å². The first-order valence-electron chi connectivity index (χ1n) is 10.2. The van der Waals surface area contributed by atoms with Crippen LogP contribution in [0.2, 0.25) is 0 Å². The second kappa shape index (κ2) is 8.49. The second-order valence-corrected chi connectivity index (χ2v) is 11.0. The maximum absolute atomic E-state index is 11.7. The second-order valence-electron chi connectivity index (χ2n) is 8.01. The SMILES string of the molecule is Cc1nc(NC2CCC2)sc1-c1cc(NC2CCN(S(C)(=O)=O)CC2)ncc1C#N. The van der Waals surface area contributed by atoms with E-state index in [2.05, 4.69) is 26.7 Å². The van der Waals surface area contributed by atoms with Crippen molar-refractivity contribution in [3.8, 4) is 16.5 Å². The summed E-state index contributed by atoms with van der Waals surface area (Å²) in [6.07, 6.45) is 7.91. The predicted octanol–water partition coefficient (Wildman–Crippen LogP) is 3.19. The van der Waals surface area contributed by atoms with Crippen LogP contribution in [0, 0.1) is 18.3 Å². The van der Waals surface area contributed by atoms with Gasteiger partial charge in [0.05, 0.1) is 22.4 Å². The fourth-order valence-electron chi connectivity index (χ4n) is 3.79. The lowest BCUT2D eigenvalue weighted by Gasteiger charge is -2.31. The predicted molar refractivity (Wildman–Crippen MR) is 119 cm³/mol. The van der Waals surface area contributed by atoms with Crippen LogP contribution < -0.4 is 10.6 Å². The first kappa shape index (κ1) is 21.0. The number of sulfonamides is 1. The van der Waals surface area contributed by atoms with Crippen molar-refractivity contribution in [1.82, 2.24) is 14.3 Å². The van der Waals surface area contributed by atoms with Gasteiger partial charge >= 0.3 is 0 Å². The fraction of sp³-hybridized carbons (Fsp3) is 0.550. The largest absolute Gasteiger partial charge is 0.367 e. The Balaban J connectivity index is 1.51. The molecule has 2 N–H and O–H groups in total. The summed E-state index contributed by atoms with van der Waals surface area (Å²) in [5.41, 5.74) is 2.26. The van der Waals surface area contributed by atoms with Crippen molar-refractivity contribution >= 4 is 32.3 Å². The Kier molecular flexibility index (Phi) is 5.95. The average Bonchev–Trinajstić information content (AvgIpc) is 3.05. The molecule has 0 atom stereocenters. The van der Waals surface area contributed by atoms with Crippen molar-refractivity contribution in [2.75, 3.05) is 30.0 Å². The van der Waals surface area contributed by atoms with E-state index in [0.717, 1.165) is 34.1 Å². The van der Waals surface area contributed by atoms with Gasteiger partial charge in [0.2, 0.25) is 10.0 Å². The van der Waals surface area contributed by atoms with Gasteiger partial charge in [-0.05, 0) is 45.1 Å². The molecule has 30 heavy (non-hydrogen) atoms. The van der Waals surface area contributed by atoms with E-state index in [1.807, 2.05) is 13.0 Å². The molecule has 3 heterocycles. The van der Waals surface area contributed by atoms with Crippen LogP contribution in [0.3, 0.4) is 0 Å². The number of hydrogen-bond donors (Lipinski definition) is 2. The molecule has 1 aliphatic carbocycles. The summed E-state index contributed by atoms with van der Waals surface area (Å²) >= 11 is 1.58. The number of thiazole rings is 1. The van der Waals surface area contributed by atoms with Crippen molar-refractivity contribution in [1.29, 1.82) is 5.26 Å². The van der Waals surface area contributed by atoms with Crippen molar-refractivity contribution in [3.05, 3.63) is 23.5 Å². The zero-order valence-corrected chi connectivity index (χ0v) is 18.8. The Hall–Kier alpha value is -2.22. The molecule has 10 heteroatoms. The van der Waals surface area contributed by atoms with Gasteiger partial charge in [-0.25, -0.2) is 22.7 Å². The molecular formula is C20H26N6O2S2. The van der Waals surface area contributed by atoms with Gasteiger partial charge < -0.3 is 10.6 Å². The van der Waals surface area contributed by atoms with Gasteiger partial charge in [0.25, 0.3) is 0 Å². The summed E-state index contributed by atoms with van der Waals surface area (Å²) in [7, 11) is -3.14. The quantitative estimate of drug-likeness (QED) is 0.701. The van der Waals surface area contributed by atoms with E-state index >= 15 is 0 Å². The van der Waals surface area contributed by atoms with Crippen molar-refractivity contribution < 1.29 is 8.42 Å². The number of aryl methyl sites for hydroxylation is 1. The summed E-state index contributed by atoms with van der Waals surface area (Å²) < 4.78 is 24.9. The van der Waals surface area contributed by atoms with Crippen LogP contribution in [0.15, 0.2) is 12.3 Å². The van der Waals surface area contributed by atoms with Crippen LogP contribution in [0.1, 0.15) is 43.4 Å². The number of anilines is 2. The van der Waals surface area contributed by atoms with Gasteiger partial charge in [-0.3, -0.25) is 0 Å². The topological polar surface area (TPSA) is 111 Å². The van der Waals surface area contributed by atoms with Gasteiger partial charge in [-0.15, -0.1) is 0 Å². The summed E-state index contributed by atoms with van der Waals surface area (Å²) in [5, 5.41) is 17.4. The highest BCUT2D eigenvalue weighted by atomic mass is 32.2. The number of pyridine rings is 1. The molecule has 1 saturated heterocycles. The lowest BCUT2D eigenvalue weighted by atomic mass is 9.93. The maximum Gasteiger partial charge on any atom is 0.211 e. The third kappa shape index (κ3) is 4.58. The Morgan fingerprint density at radius 1 is 1.20 bits per heavy atom. The zero-order valence-electron chi connectivity index (χ0n) is 17.2. The molecule has 160 valence electrons. The standard InChI is InChI=1S/C20H26N6O2S2/c1-13-19(29-20(23-13)25-15-4-3-5-15)17-10-18(22-12-14(17)11-21)24-16-6-8-26(9-7-16)30(2,27)28/h10,12,15-16H,3-9H2,1-2H3,(H,22,24)(H,23,25). The molecule has 0 bridgehead atoms. The minimum absolute atomic E-state index is 0.148. The van der Waals surface area contributed by atoms with Crippen molar-refractivity contribution in [2.24, 2.45) is 0 Å². The van der Waals surface area contributed by atoms with Crippen LogP contribution in [0.25, 0.3) is 10.4 Å². The molecule has 0 unspecified atom stereocenters. The Bertz CT molecular complexity index is 1060. The zero-order chi connectivity index (χ0) is 21.3. The molecule has 0 amide bonds. The summed E-state index contributed by atoms with van der Waals surface area (Å²) in [6.45, 7) is 2.97. The fourth-order valence-corrected chi connectivity index (χ4v) is 5.74. The van der Waals surface area contributed by atoms with Crippen LogP contribution >= 0.6 is 11.3 Å². The summed E-state index contributed by atoms with van der Waals surface area (Å²) in [5.74, 6) is 0.697. The molecular weight excluding hydrogens is 420 g/mol. The number of aromatic nitrogens is 2. The number of nitriles is 1. The lowest BCUT2D eigenvalue weighted by molar-refractivity contribution is 0.331. The number of hydrogen-bond acceptors (Lipinski definition) is 8. The van der Waals surface area contributed by atoms with Gasteiger partial charge in [0, 0.05) is 36.9 Å². The van der Waals surface area contributed by atoms with Crippen LogP contribution in [0.4, 0.5) is 10.9 Å². The number of piperidine rings is 1. The molecule has 2 aliphatic rings. The highest BCUT2D eigenvalue weighted by Gasteiger charge is 2.25. The Labute approximate surface area is 181 Å². The minimum Gasteiger partial charge on any atom is -0.367 e. The smallest absolute Gasteiger partial charge is 0.211 e. The molecule has 0 aromatic carbocycles. The first-order chi connectivity index (χ1) is 14.3. The highest BCUT2D eigenvalue weighted by Crippen LogP contribution is 2.37. The molecule has 4 rings (SSSR count). The average molecular weight is 447 g/mol. The third-order valence-corrected chi connectivity index (χ3v) is 8.20. The molecule has 1 saturated carbocycles. The molecule has 2 aromatic rings. The van der Waals surface area contributed by atoms with Crippen molar-refractivity contribution in [2.45, 2.75) is 51.1 Å².